The number of hydrogen-bond acceptors (Lipinski definition) is 5. The van der Waals surface area contributed by atoms with Gasteiger partial charge in [0.15, 0.2) is 4.21 Å². The summed E-state index contributed by atoms with van der Waals surface area (Å²) < 4.78 is 26.4. The van der Waals surface area contributed by atoms with Crippen LogP contribution in [0.2, 0.25) is 0 Å². The molecule has 0 saturated carbocycles. The molecule has 0 fully saturated rings. The molecule has 0 radical (unpaired) electrons. The van der Waals surface area contributed by atoms with Crippen LogP contribution in [0.25, 0.3) is 0 Å². The number of nitrogens with two attached hydrogens (primary N) is 1. The summed E-state index contributed by atoms with van der Waals surface area (Å²) in [5.74, 6) is 0. The van der Waals surface area contributed by atoms with Crippen molar-refractivity contribution >= 4 is 32.7 Å². The summed E-state index contributed by atoms with van der Waals surface area (Å²) in [6.07, 6.45) is 0. The summed E-state index contributed by atoms with van der Waals surface area (Å²) in [7, 11) is -3.76. The summed E-state index contributed by atoms with van der Waals surface area (Å²) in [4.78, 5) is 13.1. The van der Waals surface area contributed by atoms with Crippen LogP contribution in [0.15, 0.2) is 33.3 Å². The van der Waals surface area contributed by atoms with Crippen LogP contribution < -0.4 is 15.3 Å². The van der Waals surface area contributed by atoms with Crippen molar-refractivity contribution in [2.75, 3.05) is 10.5 Å². The first-order valence-corrected chi connectivity index (χ1v) is 7.26. The zero-order valence-corrected chi connectivity index (χ0v) is 11.1. The Bertz CT molecular complexity index is 731. The second-order valence-corrected chi connectivity index (χ2v) is 6.52. The van der Waals surface area contributed by atoms with E-state index in [-0.39, 0.29) is 4.21 Å². The van der Waals surface area contributed by atoms with E-state index in [2.05, 4.69) is 9.71 Å². The van der Waals surface area contributed by atoms with Crippen molar-refractivity contribution in [2.45, 2.75) is 11.1 Å². The van der Waals surface area contributed by atoms with Crippen molar-refractivity contribution in [2.24, 2.45) is 0 Å². The molecule has 0 atom stereocenters. The molecule has 4 N–H and O–H groups in total. The third-order valence-corrected chi connectivity index (χ3v) is 5.15. The van der Waals surface area contributed by atoms with Crippen LogP contribution in [-0.4, -0.2) is 13.4 Å². The third kappa shape index (κ3) is 2.54. The molecule has 96 valence electrons. The third-order valence-electron chi connectivity index (χ3n) is 2.16. The lowest BCUT2D eigenvalue weighted by Gasteiger charge is -2.07. The fourth-order valence-corrected chi connectivity index (χ4v) is 3.80. The Hall–Kier alpha value is -1.80. The van der Waals surface area contributed by atoms with Gasteiger partial charge in [-0.05, 0) is 25.1 Å². The molecule has 0 aliphatic rings. The van der Waals surface area contributed by atoms with Crippen LogP contribution in [-0.2, 0) is 10.0 Å². The Kier molecular flexibility index (Phi) is 3.14. The van der Waals surface area contributed by atoms with Crippen LogP contribution in [0.3, 0.4) is 0 Å². The molecule has 1 heterocycles. The number of aromatic nitrogens is 1. The van der Waals surface area contributed by atoms with Crippen LogP contribution in [0.5, 0.6) is 0 Å². The second kappa shape index (κ2) is 4.46. The number of H-pyrrole nitrogens is 1. The molecule has 6 nitrogen and oxygen atoms in total. The Morgan fingerprint density at radius 3 is 2.67 bits per heavy atom. The number of nitrogens with one attached hydrogen (secondary N) is 2. The van der Waals surface area contributed by atoms with Gasteiger partial charge in [0.1, 0.15) is 0 Å². The predicted molar refractivity (Wildman–Crippen MR) is 71.3 cm³/mol. The molecule has 2 aromatic rings. The minimum absolute atomic E-state index is 0.0186. The number of anilines is 2. The molecule has 0 amide bonds. The number of nitrogen functional groups attached to an aromatic ring is 1. The highest BCUT2D eigenvalue weighted by Crippen LogP contribution is 2.21. The van der Waals surface area contributed by atoms with Gasteiger partial charge in [-0.15, -0.1) is 0 Å². The highest BCUT2D eigenvalue weighted by Gasteiger charge is 2.20. The maximum Gasteiger partial charge on any atom is 0.306 e. The summed E-state index contributed by atoms with van der Waals surface area (Å²) in [6.45, 7) is 1.53. The maximum atomic E-state index is 12.0. The van der Waals surface area contributed by atoms with Crippen molar-refractivity contribution in [3.8, 4) is 0 Å². The number of aryl methyl sites for hydroxylation is 1. The maximum absolute atomic E-state index is 12.0. The lowest BCUT2D eigenvalue weighted by molar-refractivity contribution is 0.602. The topological polar surface area (TPSA) is 105 Å². The Balaban J connectivity index is 2.39. The van der Waals surface area contributed by atoms with Crippen molar-refractivity contribution < 1.29 is 8.42 Å². The molecule has 8 heteroatoms. The fourth-order valence-electron chi connectivity index (χ4n) is 1.45. The quantitative estimate of drug-likeness (QED) is 0.735. The van der Waals surface area contributed by atoms with Crippen LogP contribution in [0.4, 0.5) is 11.4 Å². The summed E-state index contributed by atoms with van der Waals surface area (Å²) in [5, 5.41) is 0. The van der Waals surface area contributed by atoms with Crippen molar-refractivity contribution in [1.29, 1.82) is 0 Å². The van der Waals surface area contributed by atoms with Gasteiger partial charge in [0, 0.05) is 11.4 Å². The molecule has 18 heavy (non-hydrogen) atoms. The van der Waals surface area contributed by atoms with Gasteiger partial charge in [-0.3, -0.25) is 9.52 Å². The zero-order chi connectivity index (χ0) is 13.3. The number of sulfonamides is 1. The van der Waals surface area contributed by atoms with Gasteiger partial charge >= 0.3 is 4.87 Å². The molecule has 0 unspecified atom stereocenters. The smallest absolute Gasteiger partial charge is 0.306 e. The first-order chi connectivity index (χ1) is 8.38. The Morgan fingerprint density at radius 1 is 1.39 bits per heavy atom. The van der Waals surface area contributed by atoms with E-state index < -0.39 is 14.9 Å². The van der Waals surface area contributed by atoms with Gasteiger partial charge in [-0.25, -0.2) is 8.42 Å². The molecule has 0 spiro atoms. The number of hydrogen-bond donors (Lipinski definition) is 3. The lowest BCUT2D eigenvalue weighted by Crippen LogP contribution is -2.12. The van der Waals surface area contributed by atoms with E-state index in [1.54, 1.807) is 18.2 Å². The number of benzene rings is 1. The van der Waals surface area contributed by atoms with E-state index in [1.807, 2.05) is 0 Å². The highest BCUT2D eigenvalue weighted by atomic mass is 32.2. The van der Waals surface area contributed by atoms with Crippen LogP contribution in [0, 0.1) is 6.92 Å². The van der Waals surface area contributed by atoms with E-state index in [4.69, 9.17) is 5.73 Å². The highest BCUT2D eigenvalue weighted by molar-refractivity contribution is 7.94. The number of rotatable bonds is 3. The largest absolute Gasteiger partial charge is 0.399 e. The van der Waals surface area contributed by atoms with E-state index in [1.165, 1.54) is 13.0 Å². The van der Waals surface area contributed by atoms with Gasteiger partial charge < -0.3 is 10.7 Å². The van der Waals surface area contributed by atoms with Gasteiger partial charge in [-0.1, -0.05) is 17.4 Å². The minimum Gasteiger partial charge on any atom is -0.399 e. The van der Waals surface area contributed by atoms with E-state index in [0.717, 1.165) is 0 Å². The summed E-state index contributed by atoms with van der Waals surface area (Å²) in [6, 6.07) is 6.37. The zero-order valence-electron chi connectivity index (χ0n) is 9.43. The molecule has 0 aliphatic carbocycles. The van der Waals surface area contributed by atoms with Gasteiger partial charge in [-0.2, -0.15) is 0 Å². The SMILES string of the molecule is Cc1[nH]c(=O)sc1S(=O)(=O)Nc1cccc(N)c1. The predicted octanol–water partition coefficient (Wildman–Crippen LogP) is 1.13. The molecule has 0 bridgehead atoms. The molecular weight excluding hydrogens is 274 g/mol. The minimum atomic E-state index is -3.76. The Labute approximate surface area is 108 Å². The van der Waals surface area contributed by atoms with Crippen LogP contribution >= 0.6 is 11.3 Å². The molecule has 0 saturated heterocycles. The molecule has 1 aromatic carbocycles. The summed E-state index contributed by atoms with van der Waals surface area (Å²) >= 11 is 0.652. The van der Waals surface area contributed by atoms with Gasteiger partial charge in [0.2, 0.25) is 0 Å². The van der Waals surface area contributed by atoms with E-state index >= 15 is 0 Å². The summed E-state index contributed by atoms with van der Waals surface area (Å²) in [5.41, 5.74) is 6.69. The molecular formula is C10H11N3O3S2. The average molecular weight is 285 g/mol. The molecule has 1 aromatic heterocycles. The monoisotopic (exact) mass is 285 g/mol. The van der Waals surface area contributed by atoms with Gasteiger partial charge in [0.25, 0.3) is 10.0 Å². The fraction of sp³-hybridized carbons (Fsp3) is 0.100. The first kappa shape index (κ1) is 12.7. The number of aromatic amines is 1. The second-order valence-electron chi connectivity index (χ2n) is 3.66. The average Bonchev–Trinajstić information content (AvgIpc) is 2.58. The van der Waals surface area contributed by atoms with E-state index in [9.17, 15) is 13.2 Å². The van der Waals surface area contributed by atoms with Crippen molar-refractivity contribution in [3.05, 3.63) is 39.6 Å². The van der Waals surface area contributed by atoms with E-state index in [0.29, 0.717) is 28.4 Å². The normalized spacial score (nSPS) is 11.4. The van der Waals surface area contributed by atoms with Crippen molar-refractivity contribution in [1.82, 2.24) is 4.98 Å². The first-order valence-electron chi connectivity index (χ1n) is 4.96. The molecule has 2 rings (SSSR count). The molecule has 0 aliphatic heterocycles. The Morgan fingerprint density at radius 2 is 2.11 bits per heavy atom. The number of thiazole rings is 1. The standard InChI is InChI=1S/C10H11N3O3S2/c1-6-9(17-10(14)12-6)18(15,16)13-8-4-2-3-7(11)5-8/h2-5,13H,11H2,1H3,(H,12,14). The van der Waals surface area contributed by atoms with Crippen molar-refractivity contribution in [3.63, 3.8) is 0 Å². The van der Waals surface area contributed by atoms with Crippen LogP contribution in [0.1, 0.15) is 5.69 Å². The lowest BCUT2D eigenvalue weighted by atomic mass is 10.3. The van der Waals surface area contributed by atoms with Gasteiger partial charge in [0.05, 0.1) is 5.69 Å².